The number of hydrogen-bond donors (Lipinski definition) is 1. The summed E-state index contributed by atoms with van der Waals surface area (Å²) in [6.07, 6.45) is 21.1. The van der Waals surface area contributed by atoms with Gasteiger partial charge in [-0.1, -0.05) is 104 Å². The Hall–Kier alpha value is -0.610. The summed E-state index contributed by atoms with van der Waals surface area (Å²) >= 11 is 0. The van der Waals surface area contributed by atoms with E-state index in [0.29, 0.717) is 19.0 Å². The maximum Gasteiger partial charge on any atom is 0.355 e. The second-order valence-electron chi connectivity index (χ2n) is 9.90. The standard InChI is InChI=1S/C28H54NO4P/c1-5-7-9-11-13-15-17-19-24-32-34(30,28(29-26(3)4)27-22-21-23-31-27)33-25-20-18-16-14-12-10-8-6-2/h21-23,26,28-29H,5-20,24-25H2,1-4H3. The molecule has 0 bridgehead atoms. The Morgan fingerprint density at radius 3 is 1.59 bits per heavy atom. The van der Waals surface area contributed by atoms with Crippen molar-refractivity contribution < 1.29 is 18.0 Å². The highest BCUT2D eigenvalue weighted by atomic mass is 31.2. The first kappa shape index (κ1) is 31.4. The maximum absolute atomic E-state index is 14.0. The Kier molecular flexibility index (Phi) is 19.0. The fourth-order valence-corrected chi connectivity index (χ4v) is 6.21. The van der Waals surface area contributed by atoms with Crippen LogP contribution in [-0.2, 0) is 13.6 Å². The smallest absolute Gasteiger partial charge is 0.355 e. The van der Waals surface area contributed by atoms with Gasteiger partial charge >= 0.3 is 7.60 Å². The molecule has 0 aliphatic rings. The normalized spacial score (nSPS) is 13.1. The highest BCUT2D eigenvalue weighted by molar-refractivity contribution is 7.54. The van der Waals surface area contributed by atoms with Crippen molar-refractivity contribution in [3.8, 4) is 0 Å². The van der Waals surface area contributed by atoms with E-state index < -0.39 is 13.4 Å². The molecule has 1 aromatic heterocycles. The molecule has 0 aliphatic carbocycles. The molecule has 1 rings (SSSR count). The lowest BCUT2D eigenvalue weighted by Crippen LogP contribution is -2.29. The summed E-state index contributed by atoms with van der Waals surface area (Å²) in [6.45, 7) is 9.49. The SMILES string of the molecule is CCCCCCCCCCOP(=O)(OCCCCCCCCCC)C(NC(C)C)c1ccco1. The Morgan fingerprint density at radius 1 is 0.765 bits per heavy atom. The maximum atomic E-state index is 14.0. The summed E-state index contributed by atoms with van der Waals surface area (Å²) in [5, 5.41) is 3.38. The van der Waals surface area contributed by atoms with E-state index in [0.717, 1.165) is 25.7 Å². The zero-order valence-electron chi connectivity index (χ0n) is 22.7. The van der Waals surface area contributed by atoms with Crippen molar-refractivity contribution in [3.63, 3.8) is 0 Å². The third-order valence-corrected chi connectivity index (χ3v) is 8.28. The first-order valence-corrected chi connectivity index (χ1v) is 15.8. The third kappa shape index (κ3) is 14.7. The van der Waals surface area contributed by atoms with Crippen molar-refractivity contribution in [1.82, 2.24) is 5.32 Å². The van der Waals surface area contributed by atoms with Gasteiger partial charge in [0.25, 0.3) is 0 Å². The largest absolute Gasteiger partial charge is 0.467 e. The lowest BCUT2D eigenvalue weighted by Gasteiger charge is -2.28. The number of hydrogen-bond acceptors (Lipinski definition) is 5. The summed E-state index contributed by atoms with van der Waals surface area (Å²) in [5.41, 5.74) is 0. The van der Waals surface area contributed by atoms with Crippen LogP contribution in [0.4, 0.5) is 0 Å². The highest BCUT2D eigenvalue weighted by Crippen LogP contribution is 2.60. The van der Waals surface area contributed by atoms with E-state index in [1.54, 1.807) is 6.26 Å². The number of furan rings is 1. The average Bonchev–Trinajstić information content (AvgIpc) is 3.35. The van der Waals surface area contributed by atoms with Crippen LogP contribution in [0.5, 0.6) is 0 Å². The molecule has 1 aromatic rings. The number of nitrogens with one attached hydrogen (secondary N) is 1. The van der Waals surface area contributed by atoms with Gasteiger partial charge in [-0.2, -0.15) is 0 Å². The second kappa shape index (κ2) is 20.6. The highest BCUT2D eigenvalue weighted by Gasteiger charge is 2.39. The van der Waals surface area contributed by atoms with Crippen LogP contribution >= 0.6 is 7.60 Å². The molecule has 34 heavy (non-hydrogen) atoms. The molecule has 0 fully saturated rings. The molecule has 0 aliphatic heterocycles. The summed E-state index contributed by atoms with van der Waals surface area (Å²) in [7, 11) is -3.42. The summed E-state index contributed by atoms with van der Waals surface area (Å²) < 4.78 is 31.7. The van der Waals surface area contributed by atoms with Gasteiger partial charge in [-0.15, -0.1) is 0 Å². The molecular weight excluding hydrogens is 445 g/mol. The van der Waals surface area contributed by atoms with Crippen molar-refractivity contribution in [1.29, 1.82) is 0 Å². The molecule has 0 radical (unpaired) electrons. The van der Waals surface area contributed by atoms with Crippen molar-refractivity contribution in [2.45, 2.75) is 142 Å². The van der Waals surface area contributed by atoms with Crippen LogP contribution < -0.4 is 5.32 Å². The summed E-state index contributed by atoms with van der Waals surface area (Å²) in [4.78, 5) is 0. The van der Waals surface area contributed by atoms with Crippen LogP contribution in [0.3, 0.4) is 0 Å². The molecule has 6 heteroatoms. The lowest BCUT2D eigenvalue weighted by molar-refractivity contribution is 0.182. The molecule has 200 valence electrons. The number of unbranched alkanes of at least 4 members (excludes halogenated alkanes) is 14. The van der Waals surface area contributed by atoms with E-state index in [4.69, 9.17) is 13.5 Å². The van der Waals surface area contributed by atoms with E-state index >= 15 is 0 Å². The van der Waals surface area contributed by atoms with Crippen LogP contribution in [-0.4, -0.2) is 19.3 Å². The summed E-state index contributed by atoms with van der Waals surface area (Å²) in [5.74, 6) is 0.0365. The average molecular weight is 500 g/mol. The minimum absolute atomic E-state index is 0.127. The zero-order chi connectivity index (χ0) is 24.9. The molecule has 0 aromatic carbocycles. The monoisotopic (exact) mass is 499 g/mol. The minimum Gasteiger partial charge on any atom is -0.467 e. The van der Waals surface area contributed by atoms with Crippen LogP contribution in [0.1, 0.15) is 142 Å². The molecule has 1 atom stereocenters. The molecule has 1 heterocycles. The predicted molar refractivity (Wildman–Crippen MR) is 144 cm³/mol. The van der Waals surface area contributed by atoms with Crippen molar-refractivity contribution in [2.24, 2.45) is 0 Å². The molecule has 1 unspecified atom stereocenters. The van der Waals surface area contributed by atoms with Gasteiger partial charge in [-0.25, -0.2) is 0 Å². The molecule has 0 amide bonds. The van der Waals surface area contributed by atoms with E-state index in [2.05, 4.69) is 19.2 Å². The Balaban J connectivity index is 2.53. The Labute approximate surface area is 210 Å². The van der Waals surface area contributed by atoms with Gasteiger partial charge in [0.05, 0.1) is 19.5 Å². The van der Waals surface area contributed by atoms with E-state index in [9.17, 15) is 4.57 Å². The van der Waals surface area contributed by atoms with Crippen LogP contribution in [0.25, 0.3) is 0 Å². The first-order valence-electron chi connectivity index (χ1n) is 14.2. The van der Waals surface area contributed by atoms with Gasteiger partial charge in [-0.05, 0) is 38.8 Å². The van der Waals surface area contributed by atoms with Gasteiger partial charge in [0, 0.05) is 6.04 Å². The van der Waals surface area contributed by atoms with Gasteiger partial charge in [-0.3, -0.25) is 9.88 Å². The topological polar surface area (TPSA) is 60.7 Å². The fourth-order valence-electron chi connectivity index (χ4n) is 4.13. The first-order chi connectivity index (χ1) is 16.5. The van der Waals surface area contributed by atoms with Gasteiger partial charge < -0.3 is 13.5 Å². The minimum atomic E-state index is -3.42. The van der Waals surface area contributed by atoms with E-state index in [1.807, 2.05) is 26.0 Å². The zero-order valence-corrected chi connectivity index (χ0v) is 23.6. The van der Waals surface area contributed by atoms with Gasteiger partial charge in [0.1, 0.15) is 5.76 Å². The quantitative estimate of drug-likeness (QED) is 0.113. The van der Waals surface area contributed by atoms with Crippen molar-refractivity contribution >= 4 is 7.60 Å². The van der Waals surface area contributed by atoms with Gasteiger partial charge in [0.2, 0.25) is 0 Å². The van der Waals surface area contributed by atoms with Crippen LogP contribution in [0.15, 0.2) is 22.8 Å². The summed E-state index contributed by atoms with van der Waals surface area (Å²) in [6, 6.07) is 3.81. The molecule has 1 N–H and O–H groups in total. The fraction of sp³-hybridized carbons (Fsp3) is 0.857. The van der Waals surface area contributed by atoms with Gasteiger partial charge in [0.15, 0.2) is 5.78 Å². The van der Waals surface area contributed by atoms with Crippen molar-refractivity contribution in [2.75, 3.05) is 13.2 Å². The Morgan fingerprint density at radius 2 is 1.21 bits per heavy atom. The third-order valence-electron chi connectivity index (χ3n) is 6.16. The molecule has 0 spiro atoms. The van der Waals surface area contributed by atoms with E-state index in [1.165, 1.54) is 77.0 Å². The van der Waals surface area contributed by atoms with Crippen LogP contribution in [0.2, 0.25) is 0 Å². The molecule has 0 saturated heterocycles. The van der Waals surface area contributed by atoms with Crippen molar-refractivity contribution in [3.05, 3.63) is 24.2 Å². The predicted octanol–water partition coefficient (Wildman–Crippen LogP) is 9.78. The van der Waals surface area contributed by atoms with Crippen LogP contribution in [0, 0.1) is 0 Å². The second-order valence-corrected chi connectivity index (χ2v) is 12.0. The molecule has 0 saturated carbocycles. The number of rotatable bonds is 24. The Bertz CT molecular complexity index is 580. The lowest BCUT2D eigenvalue weighted by atomic mass is 10.1. The molecular formula is C28H54NO4P. The van der Waals surface area contributed by atoms with E-state index in [-0.39, 0.29) is 6.04 Å². The molecule has 5 nitrogen and oxygen atoms in total.